The lowest BCUT2D eigenvalue weighted by molar-refractivity contribution is -0.137. The first-order valence-corrected chi connectivity index (χ1v) is 12.1. The smallest absolute Gasteiger partial charge is 0.303 e. The van der Waals surface area contributed by atoms with E-state index in [0.29, 0.717) is 24.1 Å². The van der Waals surface area contributed by atoms with Crippen LogP contribution in [0.3, 0.4) is 0 Å². The Morgan fingerprint density at radius 3 is 2.36 bits per heavy atom. The van der Waals surface area contributed by atoms with Crippen molar-refractivity contribution in [3.05, 3.63) is 108 Å². The highest BCUT2D eigenvalue weighted by molar-refractivity contribution is 6.02. The Bertz CT molecular complexity index is 1350. The highest BCUT2D eigenvalue weighted by Crippen LogP contribution is 2.33. The second-order valence-corrected chi connectivity index (χ2v) is 8.77. The van der Waals surface area contributed by atoms with Gasteiger partial charge in [0.05, 0.1) is 24.0 Å². The number of carboxylic acid groups (broad SMARTS) is 1. The van der Waals surface area contributed by atoms with Crippen molar-refractivity contribution in [2.45, 2.75) is 32.2 Å². The summed E-state index contributed by atoms with van der Waals surface area (Å²) in [5, 5.41) is 14.5. The van der Waals surface area contributed by atoms with Crippen molar-refractivity contribution < 1.29 is 14.7 Å². The Kier molecular flexibility index (Phi) is 7.98. The van der Waals surface area contributed by atoms with E-state index >= 15 is 0 Å². The number of para-hydroxylation sites is 2. The minimum absolute atomic E-state index is 0.0575. The van der Waals surface area contributed by atoms with E-state index < -0.39 is 5.97 Å². The molecule has 0 saturated heterocycles. The molecule has 4 rings (SSSR count). The number of anilines is 2. The molecule has 6 nitrogen and oxygen atoms in total. The molecule has 4 aromatic carbocycles. The first kappa shape index (κ1) is 24.9. The zero-order valence-corrected chi connectivity index (χ0v) is 20.4. The van der Waals surface area contributed by atoms with Crippen LogP contribution in [0, 0.1) is 0 Å². The Labute approximate surface area is 211 Å². The van der Waals surface area contributed by atoms with Crippen molar-refractivity contribution in [2.24, 2.45) is 5.73 Å². The van der Waals surface area contributed by atoms with Gasteiger partial charge < -0.3 is 21.1 Å². The summed E-state index contributed by atoms with van der Waals surface area (Å²) < 4.78 is 0. The Morgan fingerprint density at radius 1 is 0.917 bits per heavy atom. The summed E-state index contributed by atoms with van der Waals surface area (Å²) >= 11 is 0. The molecule has 0 aliphatic carbocycles. The zero-order chi connectivity index (χ0) is 25.5. The molecule has 0 aliphatic heterocycles. The molecule has 0 aliphatic rings. The monoisotopic (exact) mass is 481 g/mol. The second-order valence-electron chi connectivity index (χ2n) is 8.77. The first-order valence-electron chi connectivity index (χ1n) is 12.1. The molecule has 0 unspecified atom stereocenters. The lowest BCUT2D eigenvalue weighted by atomic mass is 9.97. The molecule has 1 amide bonds. The van der Waals surface area contributed by atoms with E-state index in [-0.39, 0.29) is 25.0 Å². The molecule has 4 aromatic rings. The molecule has 184 valence electrons. The summed E-state index contributed by atoms with van der Waals surface area (Å²) in [6, 6.07) is 29.2. The molecule has 0 heterocycles. The minimum atomic E-state index is -0.840. The molecule has 0 fully saturated rings. The SMILES string of the molecule is C[C@@H](NC(=O)c1cccc(CCCC(=O)O)c1N(CN)c1ccccc1)c1cccc2ccccc12. The van der Waals surface area contributed by atoms with E-state index in [1.165, 1.54) is 0 Å². The van der Waals surface area contributed by atoms with Crippen molar-refractivity contribution >= 4 is 34.0 Å². The molecule has 0 bridgehead atoms. The van der Waals surface area contributed by atoms with Gasteiger partial charge in [-0.2, -0.15) is 0 Å². The molecule has 6 heteroatoms. The average molecular weight is 482 g/mol. The molecule has 4 N–H and O–H groups in total. The second kappa shape index (κ2) is 11.5. The van der Waals surface area contributed by atoms with Crippen molar-refractivity contribution in [2.75, 3.05) is 11.6 Å². The van der Waals surface area contributed by atoms with Crippen LogP contribution in [0.5, 0.6) is 0 Å². The molecule has 0 aromatic heterocycles. The lowest BCUT2D eigenvalue weighted by Crippen LogP contribution is -2.32. The highest BCUT2D eigenvalue weighted by Gasteiger charge is 2.22. The third-order valence-corrected chi connectivity index (χ3v) is 6.36. The Hall–Kier alpha value is -4.16. The molecule has 0 radical (unpaired) electrons. The topological polar surface area (TPSA) is 95.7 Å². The quantitative estimate of drug-likeness (QED) is 0.249. The number of nitrogens with one attached hydrogen (secondary N) is 1. The van der Waals surface area contributed by atoms with Crippen LogP contribution in [0.1, 0.15) is 47.3 Å². The maximum absolute atomic E-state index is 13.7. The Morgan fingerprint density at radius 2 is 1.61 bits per heavy atom. The van der Waals surface area contributed by atoms with Crippen molar-refractivity contribution in [1.82, 2.24) is 5.32 Å². The highest BCUT2D eigenvalue weighted by atomic mass is 16.4. The van der Waals surface area contributed by atoms with Gasteiger partial charge in [0.2, 0.25) is 0 Å². The van der Waals surface area contributed by atoms with Gasteiger partial charge in [-0.3, -0.25) is 9.59 Å². The van der Waals surface area contributed by atoms with Gasteiger partial charge in [-0.1, -0.05) is 72.8 Å². The summed E-state index contributed by atoms with van der Waals surface area (Å²) in [6.45, 7) is 2.15. The number of aliphatic carboxylic acids is 1. The maximum Gasteiger partial charge on any atom is 0.303 e. The van der Waals surface area contributed by atoms with Crippen LogP contribution < -0.4 is 16.0 Å². The fraction of sp³-hybridized carbons (Fsp3) is 0.200. The lowest BCUT2D eigenvalue weighted by Gasteiger charge is -2.28. The predicted octanol–water partition coefficient (Wildman–Crippen LogP) is 5.79. The number of hydrogen-bond donors (Lipinski definition) is 3. The van der Waals surface area contributed by atoms with E-state index in [1.54, 1.807) is 6.07 Å². The number of nitrogens with zero attached hydrogens (tertiary/aromatic N) is 1. The van der Waals surface area contributed by atoms with E-state index in [0.717, 1.165) is 27.6 Å². The molecular formula is C30H31N3O3. The third kappa shape index (κ3) is 5.56. The number of amides is 1. The van der Waals surface area contributed by atoms with Crippen LogP contribution in [0.25, 0.3) is 10.8 Å². The fourth-order valence-electron chi connectivity index (χ4n) is 4.64. The van der Waals surface area contributed by atoms with Crippen molar-refractivity contribution in [3.8, 4) is 0 Å². The van der Waals surface area contributed by atoms with Gasteiger partial charge in [0.25, 0.3) is 5.91 Å². The Balaban J connectivity index is 1.71. The molecule has 36 heavy (non-hydrogen) atoms. The largest absolute Gasteiger partial charge is 0.481 e. The average Bonchev–Trinajstić information content (AvgIpc) is 2.89. The van der Waals surface area contributed by atoms with Gasteiger partial charge >= 0.3 is 5.97 Å². The standard InChI is InChI=1S/C30H31N3O3/c1-21(25-17-7-11-22-10-5-6-16-26(22)25)32-30(36)27-18-8-12-23(13-9-19-28(34)35)29(27)33(20-31)24-14-3-2-4-15-24/h2-8,10-12,14-18,21H,9,13,19-20,31H2,1H3,(H,32,36)(H,34,35)/t21-/m1/s1. The van der Waals surface area contributed by atoms with Crippen molar-refractivity contribution in [1.29, 1.82) is 0 Å². The number of rotatable bonds is 10. The van der Waals surface area contributed by atoms with Crippen LogP contribution in [0.2, 0.25) is 0 Å². The van der Waals surface area contributed by atoms with Gasteiger partial charge in [-0.05, 0) is 59.9 Å². The number of carbonyl (C=O) groups excluding carboxylic acids is 1. The third-order valence-electron chi connectivity index (χ3n) is 6.36. The summed E-state index contributed by atoms with van der Waals surface area (Å²) in [6.07, 6.45) is 1.04. The van der Waals surface area contributed by atoms with Gasteiger partial charge in [-0.15, -0.1) is 0 Å². The predicted molar refractivity (Wildman–Crippen MR) is 144 cm³/mol. The molecule has 1 atom stereocenters. The van der Waals surface area contributed by atoms with Crippen LogP contribution in [0.15, 0.2) is 91.0 Å². The number of carbonyl (C=O) groups is 2. The number of nitrogens with two attached hydrogens (primary N) is 1. The van der Waals surface area contributed by atoms with E-state index in [9.17, 15) is 9.59 Å². The van der Waals surface area contributed by atoms with Crippen LogP contribution in [-0.4, -0.2) is 23.7 Å². The maximum atomic E-state index is 13.7. The summed E-state index contributed by atoms with van der Waals surface area (Å²) in [4.78, 5) is 26.7. The number of carboxylic acids is 1. The number of hydrogen-bond acceptors (Lipinski definition) is 4. The number of benzene rings is 4. The van der Waals surface area contributed by atoms with Gasteiger partial charge in [0.15, 0.2) is 0 Å². The van der Waals surface area contributed by atoms with Crippen molar-refractivity contribution in [3.63, 3.8) is 0 Å². The number of fused-ring (bicyclic) bond motifs is 1. The van der Waals surface area contributed by atoms with E-state index in [1.807, 2.05) is 78.6 Å². The minimum Gasteiger partial charge on any atom is -0.481 e. The zero-order valence-electron chi connectivity index (χ0n) is 20.4. The summed E-state index contributed by atoms with van der Waals surface area (Å²) in [7, 11) is 0. The molecule has 0 spiro atoms. The fourth-order valence-corrected chi connectivity index (χ4v) is 4.64. The van der Waals surface area contributed by atoms with Crippen LogP contribution in [-0.2, 0) is 11.2 Å². The van der Waals surface area contributed by atoms with Crippen LogP contribution in [0.4, 0.5) is 11.4 Å². The van der Waals surface area contributed by atoms with Gasteiger partial charge in [0.1, 0.15) is 0 Å². The normalized spacial score (nSPS) is 11.7. The summed E-state index contributed by atoms with van der Waals surface area (Å²) in [5.41, 5.74) is 10.2. The summed E-state index contributed by atoms with van der Waals surface area (Å²) in [5.74, 6) is -1.05. The van der Waals surface area contributed by atoms with E-state index in [4.69, 9.17) is 10.8 Å². The molecule has 0 saturated carbocycles. The van der Waals surface area contributed by atoms with Gasteiger partial charge in [0, 0.05) is 12.1 Å². The number of aryl methyl sites for hydroxylation is 1. The molecular weight excluding hydrogens is 450 g/mol. The van der Waals surface area contributed by atoms with E-state index in [2.05, 4.69) is 23.5 Å². The van der Waals surface area contributed by atoms with Crippen LogP contribution >= 0.6 is 0 Å². The first-order chi connectivity index (χ1) is 17.5. The van der Waals surface area contributed by atoms with Gasteiger partial charge in [-0.25, -0.2) is 0 Å².